The maximum Gasteiger partial charge on any atom is 0.165 e. The molecule has 1 unspecified atom stereocenters. The Kier molecular flexibility index (Phi) is 4.28. The number of halogens is 1. The van der Waals surface area contributed by atoms with Crippen LogP contribution in [0.2, 0.25) is 0 Å². The van der Waals surface area contributed by atoms with Gasteiger partial charge < -0.3 is 10.1 Å². The molecular weight excluding hydrogens is 253 g/mol. The van der Waals surface area contributed by atoms with Crippen molar-refractivity contribution in [1.82, 2.24) is 0 Å². The van der Waals surface area contributed by atoms with Crippen LogP contribution in [0.3, 0.4) is 0 Å². The van der Waals surface area contributed by atoms with Gasteiger partial charge in [-0.15, -0.1) is 0 Å². The third-order valence-electron chi connectivity index (χ3n) is 3.44. The Balaban J connectivity index is 2.21. The molecule has 20 heavy (non-hydrogen) atoms. The van der Waals surface area contributed by atoms with Crippen LogP contribution in [0.25, 0.3) is 0 Å². The van der Waals surface area contributed by atoms with Crippen LogP contribution in [0.5, 0.6) is 5.75 Å². The summed E-state index contributed by atoms with van der Waals surface area (Å²) in [5, 5.41) is 3.42. The topological polar surface area (TPSA) is 21.3 Å². The Hall–Kier alpha value is -2.03. The Labute approximate surface area is 119 Å². The van der Waals surface area contributed by atoms with Gasteiger partial charge in [-0.25, -0.2) is 4.39 Å². The van der Waals surface area contributed by atoms with E-state index in [2.05, 4.69) is 37.4 Å². The van der Waals surface area contributed by atoms with Crippen molar-refractivity contribution < 1.29 is 9.13 Å². The van der Waals surface area contributed by atoms with Crippen molar-refractivity contribution in [3.05, 3.63) is 58.9 Å². The van der Waals surface area contributed by atoms with Gasteiger partial charge in [-0.3, -0.25) is 0 Å². The monoisotopic (exact) mass is 273 g/mol. The Morgan fingerprint density at radius 3 is 2.50 bits per heavy atom. The minimum Gasteiger partial charge on any atom is -0.494 e. The van der Waals surface area contributed by atoms with E-state index in [9.17, 15) is 4.39 Å². The van der Waals surface area contributed by atoms with E-state index in [4.69, 9.17) is 4.74 Å². The molecule has 0 aliphatic heterocycles. The fourth-order valence-electron chi connectivity index (χ4n) is 2.16. The molecule has 0 aliphatic carbocycles. The minimum absolute atomic E-state index is 0.0240. The summed E-state index contributed by atoms with van der Waals surface area (Å²) < 4.78 is 18.7. The van der Waals surface area contributed by atoms with Crippen molar-refractivity contribution >= 4 is 5.69 Å². The summed E-state index contributed by atoms with van der Waals surface area (Å²) in [6.07, 6.45) is 0. The van der Waals surface area contributed by atoms with E-state index in [1.165, 1.54) is 24.3 Å². The van der Waals surface area contributed by atoms with E-state index in [1.54, 1.807) is 6.07 Å². The first-order valence-corrected chi connectivity index (χ1v) is 6.68. The van der Waals surface area contributed by atoms with E-state index in [-0.39, 0.29) is 17.6 Å². The predicted octanol–water partition coefficient (Wildman–Crippen LogP) is 4.62. The molecule has 0 bridgehead atoms. The Morgan fingerprint density at radius 1 is 1.10 bits per heavy atom. The standard InChI is InChI=1S/C17H20FNO/c1-11-5-6-12(2)16(9-11)19-13(3)14-7-8-17(20-4)15(18)10-14/h5-10,13,19H,1-4H3. The van der Waals surface area contributed by atoms with Crippen molar-refractivity contribution in [2.45, 2.75) is 26.8 Å². The highest BCUT2D eigenvalue weighted by molar-refractivity contribution is 5.54. The highest BCUT2D eigenvalue weighted by Gasteiger charge is 2.10. The number of anilines is 1. The summed E-state index contributed by atoms with van der Waals surface area (Å²) in [4.78, 5) is 0. The first-order chi connectivity index (χ1) is 9.51. The quantitative estimate of drug-likeness (QED) is 0.877. The van der Waals surface area contributed by atoms with Crippen LogP contribution in [-0.2, 0) is 0 Å². The fraction of sp³-hybridized carbons (Fsp3) is 0.294. The third-order valence-corrected chi connectivity index (χ3v) is 3.44. The molecule has 0 heterocycles. The van der Waals surface area contributed by atoms with Crippen molar-refractivity contribution in [3.8, 4) is 5.75 Å². The van der Waals surface area contributed by atoms with Crippen molar-refractivity contribution in [2.75, 3.05) is 12.4 Å². The molecule has 1 atom stereocenters. The summed E-state index contributed by atoms with van der Waals surface area (Å²) in [5.74, 6) is -0.0627. The van der Waals surface area contributed by atoms with Crippen molar-refractivity contribution in [2.24, 2.45) is 0 Å². The number of ether oxygens (including phenoxy) is 1. The van der Waals surface area contributed by atoms with Gasteiger partial charge >= 0.3 is 0 Å². The van der Waals surface area contributed by atoms with Gasteiger partial charge in [-0.1, -0.05) is 18.2 Å². The van der Waals surface area contributed by atoms with Gasteiger partial charge in [0.1, 0.15) is 0 Å². The molecule has 0 saturated heterocycles. The molecule has 0 saturated carbocycles. The van der Waals surface area contributed by atoms with Crippen molar-refractivity contribution in [3.63, 3.8) is 0 Å². The highest BCUT2D eigenvalue weighted by atomic mass is 19.1. The van der Waals surface area contributed by atoms with E-state index in [0.29, 0.717) is 0 Å². The lowest BCUT2D eigenvalue weighted by Gasteiger charge is -2.18. The first-order valence-electron chi connectivity index (χ1n) is 6.68. The van der Waals surface area contributed by atoms with Gasteiger partial charge in [0.05, 0.1) is 7.11 Å². The van der Waals surface area contributed by atoms with Crippen LogP contribution < -0.4 is 10.1 Å². The first kappa shape index (κ1) is 14.4. The molecule has 2 aromatic rings. The molecule has 0 amide bonds. The molecular formula is C17H20FNO. The molecule has 0 aromatic heterocycles. The van der Waals surface area contributed by atoms with Crippen LogP contribution in [0, 0.1) is 19.7 Å². The zero-order valence-electron chi connectivity index (χ0n) is 12.3. The number of aryl methyl sites for hydroxylation is 2. The van der Waals surface area contributed by atoms with Crippen LogP contribution >= 0.6 is 0 Å². The van der Waals surface area contributed by atoms with Crippen LogP contribution in [0.4, 0.5) is 10.1 Å². The number of hydrogen-bond acceptors (Lipinski definition) is 2. The predicted molar refractivity (Wildman–Crippen MR) is 80.9 cm³/mol. The summed E-state index contributed by atoms with van der Waals surface area (Å²) >= 11 is 0. The average molecular weight is 273 g/mol. The molecule has 1 N–H and O–H groups in total. The molecule has 3 heteroatoms. The number of rotatable bonds is 4. The van der Waals surface area contributed by atoms with E-state index in [0.717, 1.165) is 11.3 Å². The molecule has 0 aliphatic rings. The van der Waals surface area contributed by atoms with Gasteiger partial charge in [0, 0.05) is 11.7 Å². The second-order valence-corrected chi connectivity index (χ2v) is 5.08. The maximum atomic E-state index is 13.7. The van der Waals surface area contributed by atoms with Gasteiger partial charge in [-0.05, 0) is 55.7 Å². The summed E-state index contributed by atoms with van der Waals surface area (Å²) in [6, 6.07) is 11.3. The molecule has 2 rings (SSSR count). The van der Waals surface area contributed by atoms with Crippen LogP contribution in [0.15, 0.2) is 36.4 Å². The number of benzene rings is 2. The number of nitrogens with one attached hydrogen (secondary N) is 1. The average Bonchev–Trinajstić information content (AvgIpc) is 2.42. The van der Waals surface area contributed by atoms with Crippen LogP contribution in [-0.4, -0.2) is 7.11 Å². The second kappa shape index (κ2) is 5.95. The molecule has 0 radical (unpaired) electrons. The zero-order chi connectivity index (χ0) is 14.7. The Bertz CT molecular complexity index is 610. The second-order valence-electron chi connectivity index (χ2n) is 5.08. The largest absolute Gasteiger partial charge is 0.494 e. The highest BCUT2D eigenvalue weighted by Crippen LogP contribution is 2.26. The SMILES string of the molecule is COc1ccc(C(C)Nc2cc(C)ccc2C)cc1F. The van der Waals surface area contributed by atoms with Crippen LogP contribution in [0.1, 0.15) is 29.7 Å². The number of methoxy groups -OCH3 is 1. The normalized spacial score (nSPS) is 12.1. The smallest absolute Gasteiger partial charge is 0.165 e. The van der Waals surface area contributed by atoms with E-state index < -0.39 is 0 Å². The van der Waals surface area contributed by atoms with Gasteiger partial charge in [0.15, 0.2) is 11.6 Å². The van der Waals surface area contributed by atoms with E-state index in [1.807, 2.05) is 13.0 Å². The van der Waals surface area contributed by atoms with Crippen molar-refractivity contribution in [1.29, 1.82) is 0 Å². The molecule has 0 spiro atoms. The maximum absolute atomic E-state index is 13.7. The van der Waals surface area contributed by atoms with Gasteiger partial charge in [0.25, 0.3) is 0 Å². The van der Waals surface area contributed by atoms with Gasteiger partial charge in [0.2, 0.25) is 0 Å². The number of hydrogen-bond donors (Lipinski definition) is 1. The summed E-state index contributed by atoms with van der Waals surface area (Å²) in [5.41, 5.74) is 4.35. The van der Waals surface area contributed by atoms with Gasteiger partial charge in [-0.2, -0.15) is 0 Å². The van der Waals surface area contributed by atoms with E-state index >= 15 is 0 Å². The zero-order valence-corrected chi connectivity index (χ0v) is 12.3. The third kappa shape index (κ3) is 3.10. The lowest BCUT2D eigenvalue weighted by Crippen LogP contribution is -2.08. The fourth-order valence-corrected chi connectivity index (χ4v) is 2.16. The summed E-state index contributed by atoms with van der Waals surface area (Å²) in [6.45, 7) is 6.13. The molecule has 0 fully saturated rings. The lowest BCUT2D eigenvalue weighted by molar-refractivity contribution is 0.386. The molecule has 106 valence electrons. The molecule has 2 nitrogen and oxygen atoms in total. The molecule has 2 aromatic carbocycles. The minimum atomic E-state index is -0.334. The Morgan fingerprint density at radius 2 is 1.85 bits per heavy atom. The lowest BCUT2D eigenvalue weighted by atomic mass is 10.1. The summed E-state index contributed by atoms with van der Waals surface area (Å²) in [7, 11) is 1.47.